The molecule has 2 aromatic rings. The van der Waals surface area contributed by atoms with Crippen molar-refractivity contribution in [2.24, 2.45) is 0 Å². The minimum atomic E-state index is -1.04. The van der Waals surface area contributed by atoms with E-state index in [0.29, 0.717) is 17.4 Å². The molecule has 1 heterocycles. The lowest BCUT2D eigenvalue weighted by Crippen LogP contribution is -2.08. The van der Waals surface area contributed by atoms with E-state index in [9.17, 15) is 4.79 Å². The molecule has 0 bridgehead atoms. The second-order valence-corrected chi connectivity index (χ2v) is 4.93. The van der Waals surface area contributed by atoms with Crippen LogP contribution in [-0.2, 0) is 6.42 Å². The maximum atomic E-state index is 10.8. The number of pyridine rings is 1. The first-order valence-corrected chi connectivity index (χ1v) is 6.62. The summed E-state index contributed by atoms with van der Waals surface area (Å²) in [5.41, 5.74) is 2.54. The SMILES string of the molecule is Cc1cccc(CCNc2ncc(C(=O)O)cc2Cl)c1. The van der Waals surface area contributed by atoms with Gasteiger partial charge in [-0.25, -0.2) is 9.78 Å². The molecule has 0 spiro atoms. The minimum absolute atomic E-state index is 0.0826. The summed E-state index contributed by atoms with van der Waals surface area (Å²) >= 11 is 5.99. The number of carboxylic acids is 1. The van der Waals surface area contributed by atoms with Crippen LogP contribution in [-0.4, -0.2) is 22.6 Å². The zero-order valence-corrected chi connectivity index (χ0v) is 11.8. The van der Waals surface area contributed by atoms with Gasteiger partial charge in [0.15, 0.2) is 0 Å². The van der Waals surface area contributed by atoms with Gasteiger partial charge < -0.3 is 10.4 Å². The highest BCUT2D eigenvalue weighted by Crippen LogP contribution is 2.20. The third kappa shape index (κ3) is 3.71. The average molecular weight is 291 g/mol. The summed E-state index contributed by atoms with van der Waals surface area (Å²) in [5, 5.41) is 12.3. The van der Waals surface area contributed by atoms with Gasteiger partial charge in [-0.1, -0.05) is 41.4 Å². The number of anilines is 1. The van der Waals surface area contributed by atoms with Gasteiger partial charge in [-0.2, -0.15) is 0 Å². The van der Waals surface area contributed by atoms with E-state index in [4.69, 9.17) is 16.7 Å². The molecule has 0 atom stereocenters. The summed E-state index contributed by atoms with van der Waals surface area (Å²) in [4.78, 5) is 14.8. The van der Waals surface area contributed by atoms with E-state index in [-0.39, 0.29) is 5.56 Å². The van der Waals surface area contributed by atoms with Crippen molar-refractivity contribution in [2.75, 3.05) is 11.9 Å². The molecule has 0 aliphatic heterocycles. The summed E-state index contributed by atoms with van der Waals surface area (Å²) in [7, 11) is 0. The number of hydrogen-bond acceptors (Lipinski definition) is 3. The van der Waals surface area contributed by atoms with Crippen LogP contribution in [0.2, 0.25) is 5.02 Å². The first-order chi connectivity index (χ1) is 9.56. The molecule has 0 aliphatic rings. The summed E-state index contributed by atoms with van der Waals surface area (Å²) in [6.07, 6.45) is 2.14. The molecule has 1 aromatic heterocycles. The highest BCUT2D eigenvalue weighted by molar-refractivity contribution is 6.33. The van der Waals surface area contributed by atoms with E-state index in [1.807, 2.05) is 6.07 Å². The van der Waals surface area contributed by atoms with Crippen molar-refractivity contribution in [3.63, 3.8) is 0 Å². The molecule has 0 saturated carbocycles. The Hall–Kier alpha value is -2.07. The van der Waals surface area contributed by atoms with Gasteiger partial charge in [0.1, 0.15) is 5.82 Å². The smallest absolute Gasteiger partial charge is 0.337 e. The van der Waals surface area contributed by atoms with Crippen LogP contribution in [0.4, 0.5) is 5.82 Å². The van der Waals surface area contributed by atoms with Crippen molar-refractivity contribution in [3.8, 4) is 0 Å². The van der Waals surface area contributed by atoms with Crippen molar-refractivity contribution < 1.29 is 9.90 Å². The van der Waals surface area contributed by atoms with E-state index >= 15 is 0 Å². The van der Waals surface area contributed by atoms with Crippen LogP contribution in [0.5, 0.6) is 0 Å². The molecule has 5 heteroatoms. The Balaban J connectivity index is 1.96. The van der Waals surface area contributed by atoms with Crippen molar-refractivity contribution in [1.82, 2.24) is 4.98 Å². The molecule has 2 N–H and O–H groups in total. The number of carboxylic acid groups (broad SMARTS) is 1. The fraction of sp³-hybridized carbons (Fsp3) is 0.200. The monoisotopic (exact) mass is 290 g/mol. The first kappa shape index (κ1) is 14.3. The van der Waals surface area contributed by atoms with Gasteiger partial charge in [0.05, 0.1) is 10.6 Å². The molecule has 0 fully saturated rings. The minimum Gasteiger partial charge on any atom is -0.478 e. The fourth-order valence-corrected chi connectivity index (χ4v) is 2.11. The first-order valence-electron chi connectivity index (χ1n) is 6.24. The second kappa shape index (κ2) is 6.39. The van der Waals surface area contributed by atoms with Crippen molar-refractivity contribution in [2.45, 2.75) is 13.3 Å². The molecule has 1 aromatic carbocycles. The van der Waals surface area contributed by atoms with Gasteiger partial charge in [-0.15, -0.1) is 0 Å². The Kier molecular flexibility index (Phi) is 4.58. The molecular formula is C15H15ClN2O2. The largest absolute Gasteiger partial charge is 0.478 e. The summed E-state index contributed by atoms with van der Waals surface area (Å²) in [5.74, 6) is -0.532. The Labute approximate surface area is 122 Å². The molecule has 4 nitrogen and oxygen atoms in total. The topological polar surface area (TPSA) is 62.2 Å². The number of nitrogens with one attached hydrogen (secondary N) is 1. The van der Waals surface area contributed by atoms with Gasteiger partial charge in [0.2, 0.25) is 0 Å². The van der Waals surface area contributed by atoms with Crippen molar-refractivity contribution in [3.05, 3.63) is 58.2 Å². The second-order valence-electron chi connectivity index (χ2n) is 4.53. The number of hydrogen-bond donors (Lipinski definition) is 2. The fourth-order valence-electron chi connectivity index (χ4n) is 1.88. The maximum absolute atomic E-state index is 10.8. The molecular weight excluding hydrogens is 276 g/mol. The van der Waals surface area contributed by atoms with E-state index < -0.39 is 5.97 Å². The molecule has 0 saturated heterocycles. The molecule has 0 unspecified atom stereocenters. The van der Waals surface area contributed by atoms with Crippen LogP contribution in [0.15, 0.2) is 36.5 Å². The highest BCUT2D eigenvalue weighted by atomic mass is 35.5. The normalized spacial score (nSPS) is 10.3. The Morgan fingerprint density at radius 2 is 2.20 bits per heavy atom. The zero-order valence-electron chi connectivity index (χ0n) is 11.1. The predicted molar refractivity (Wildman–Crippen MR) is 79.6 cm³/mol. The predicted octanol–water partition coefficient (Wildman–Crippen LogP) is 3.40. The van der Waals surface area contributed by atoms with Gasteiger partial charge in [-0.3, -0.25) is 0 Å². The molecule has 104 valence electrons. The van der Waals surface area contributed by atoms with E-state index in [1.165, 1.54) is 23.4 Å². The number of benzene rings is 1. The summed E-state index contributed by atoms with van der Waals surface area (Å²) < 4.78 is 0. The average Bonchev–Trinajstić information content (AvgIpc) is 2.40. The summed E-state index contributed by atoms with van der Waals surface area (Å²) in [6.45, 7) is 2.74. The molecule has 0 radical (unpaired) electrons. The molecule has 20 heavy (non-hydrogen) atoms. The zero-order chi connectivity index (χ0) is 14.5. The third-order valence-electron chi connectivity index (χ3n) is 2.88. The van der Waals surface area contributed by atoms with Crippen LogP contribution in [0.25, 0.3) is 0 Å². The number of rotatable bonds is 5. The van der Waals surface area contributed by atoms with Crippen molar-refractivity contribution >= 4 is 23.4 Å². The van der Waals surface area contributed by atoms with Gasteiger partial charge in [-0.05, 0) is 25.0 Å². The van der Waals surface area contributed by atoms with Crippen LogP contribution in [0, 0.1) is 6.92 Å². The lowest BCUT2D eigenvalue weighted by molar-refractivity contribution is 0.0696. The number of aromatic nitrogens is 1. The van der Waals surface area contributed by atoms with Gasteiger partial charge >= 0.3 is 5.97 Å². The highest BCUT2D eigenvalue weighted by Gasteiger charge is 2.08. The van der Waals surface area contributed by atoms with E-state index in [1.54, 1.807) is 0 Å². The van der Waals surface area contributed by atoms with Crippen LogP contribution >= 0.6 is 11.6 Å². The number of nitrogens with zero attached hydrogens (tertiary/aromatic N) is 1. The Bertz CT molecular complexity index is 629. The van der Waals surface area contributed by atoms with Gasteiger partial charge in [0, 0.05) is 12.7 Å². The number of carbonyl (C=O) groups is 1. The number of aromatic carboxylic acids is 1. The quantitative estimate of drug-likeness (QED) is 0.886. The third-order valence-corrected chi connectivity index (χ3v) is 3.16. The Morgan fingerprint density at radius 3 is 2.85 bits per heavy atom. The Morgan fingerprint density at radius 1 is 1.40 bits per heavy atom. The van der Waals surface area contributed by atoms with Crippen LogP contribution in [0.3, 0.4) is 0 Å². The lowest BCUT2D eigenvalue weighted by Gasteiger charge is -2.08. The summed E-state index contributed by atoms with van der Waals surface area (Å²) in [6, 6.07) is 9.67. The van der Waals surface area contributed by atoms with Crippen LogP contribution in [0.1, 0.15) is 21.5 Å². The molecule has 0 amide bonds. The van der Waals surface area contributed by atoms with Gasteiger partial charge in [0.25, 0.3) is 0 Å². The number of halogens is 1. The maximum Gasteiger partial charge on any atom is 0.337 e. The number of aryl methyl sites for hydroxylation is 1. The standard InChI is InChI=1S/C15H15ClN2O2/c1-10-3-2-4-11(7-10)5-6-17-14-13(16)8-12(9-18-14)15(19)20/h2-4,7-9H,5-6H2,1H3,(H,17,18)(H,19,20). The van der Waals surface area contributed by atoms with E-state index in [0.717, 1.165) is 6.42 Å². The molecule has 2 rings (SSSR count). The van der Waals surface area contributed by atoms with E-state index in [2.05, 4.69) is 35.4 Å². The van der Waals surface area contributed by atoms with Crippen LogP contribution < -0.4 is 5.32 Å². The van der Waals surface area contributed by atoms with Crippen molar-refractivity contribution in [1.29, 1.82) is 0 Å². The molecule has 0 aliphatic carbocycles. The lowest BCUT2D eigenvalue weighted by atomic mass is 10.1.